The van der Waals surface area contributed by atoms with Gasteiger partial charge in [0.25, 0.3) is 0 Å². The maximum absolute atomic E-state index is 10.0. The molecule has 0 amide bonds. The van der Waals surface area contributed by atoms with Gasteiger partial charge < -0.3 is 15.3 Å². The molecule has 0 spiro atoms. The molecule has 3 N–H and O–H groups in total. The molecule has 0 aliphatic rings. The topological polar surface area (TPSA) is 102 Å². The molecule has 6 nitrogen and oxygen atoms in total. The number of aromatic hydroxyl groups is 2. The maximum Gasteiger partial charge on any atom is 0.155 e. The van der Waals surface area contributed by atoms with Crippen molar-refractivity contribution in [3.05, 3.63) is 60.4 Å². The molecular weight excluding hydrogens is 348 g/mol. The Morgan fingerprint density at radius 1 is 0.875 bits per heavy atom. The molecule has 0 saturated carbocycles. The fraction of sp³-hybridized carbons (Fsp3) is 0.118. The van der Waals surface area contributed by atoms with Crippen LogP contribution < -0.4 is 0 Å². The van der Waals surface area contributed by atoms with E-state index in [9.17, 15) is 15.0 Å². The van der Waals surface area contributed by atoms with Crippen LogP contribution in [0.3, 0.4) is 0 Å². The Morgan fingerprint density at radius 2 is 1.25 bits per heavy atom. The van der Waals surface area contributed by atoms with Crippen LogP contribution in [-0.4, -0.2) is 21.1 Å². The van der Waals surface area contributed by atoms with Crippen molar-refractivity contribution in [2.24, 2.45) is 10.2 Å². The number of hydrogen-bond donors (Lipinski definition) is 3. The largest absolute Gasteiger partial charge is 0.512 e. The average Bonchev–Trinajstić information content (AvgIpc) is 2.47. The van der Waals surface area contributed by atoms with Crippen LogP contribution in [0.5, 0.6) is 11.5 Å². The number of phenolic OH excluding ortho intramolecular Hbond substituents is 2. The van der Waals surface area contributed by atoms with Gasteiger partial charge in [0, 0.05) is 23.4 Å². The first-order chi connectivity index (χ1) is 10.9. The number of aliphatic hydroxyl groups excluding tert-OH is 1. The molecular formula is C17H18CrN2O4. The minimum absolute atomic E-state index is 0. The first-order valence-corrected chi connectivity index (χ1v) is 6.75. The van der Waals surface area contributed by atoms with Crippen molar-refractivity contribution in [2.45, 2.75) is 13.8 Å². The van der Waals surface area contributed by atoms with Gasteiger partial charge in [-0.25, -0.2) is 0 Å². The minimum Gasteiger partial charge on any atom is -0.512 e. The van der Waals surface area contributed by atoms with Crippen molar-refractivity contribution in [1.29, 1.82) is 0 Å². The van der Waals surface area contributed by atoms with Gasteiger partial charge in [-0.2, -0.15) is 0 Å². The Bertz CT molecular complexity index is 679. The van der Waals surface area contributed by atoms with Gasteiger partial charge in [-0.3, -0.25) is 4.79 Å². The number of nitrogens with zero attached hydrogens (tertiary/aromatic N) is 2. The van der Waals surface area contributed by atoms with Crippen LogP contribution in [0.1, 0.15) is 13.8 Å². The van der Waals surface area contributed by atoms with Crippen LogP contribution in [0, 0.1) is 0 Å². The molecule has 0 radical (unpaired) electrons. The van der Waals surface area contributed by atoms with Crippen molar-refractivity contribution >= 4 is 17.2 Å². The number of carbonyl (C=O) groups excluding carboxylic acids is 1. The van der Waals surface area contributed by atoms with Gasteiger partial charge in [0.2, 0.25) is 0 Å². The van der Waals surface area contributed by atoms with Crippen LogP contribution in [0.25, 0.3) is 0 Å². The fourth-order valence-corrected chi connectivity index (χ4v) is 1.50. The van der Waals surface area contributed by atoms with Gasteiger partial charge in [-0.15, -0.1) is 10.2 Å². The van der Waals surface area contributed by atoms with E-state index in [0.29, 0.717) is 11.4 Å². The van der Waals surface area contributed by atoms with E-state index in [1.54, 1.807) is 36.4 Å². The normalized spacial score (nSPS) is 10.5. The summed E-state index contributed by atoms with van der Waals surface area (Å²) < 4.78 is 0. The van der Waals surface area contributed by atoms with E-state index in [2.05, 4.69) is 10.2 Å². The summed E-state index contributed by atoms with van der Waals surface area (Å²) in [7, 11) is 0. The molecule has 0 atom stereocenters. The maximum atomic E-state index is 10.0. The summed E-state index contributed by atoms with van der Waals surface area (Å²) in [5.41, 5.74) is 0.733. The SMILES string of the molecule is CC(=O)/C=C(/C)O.Oc1ccccc1N=Nc1ccccc1O.[Cr]. The van der Waals surface area contributed by atoms with E-state index in [1.807, 2.05) is 0 Å². The molecule has 0 aromatic heterocycles. The molecule has 0 aliphatic carbocycles. The summed E-state index contributed by atoms with van der Waals surface area (Å²) in [6.45, 7) is 2.85. The minimum atomic E-state index is -0.125. The predicted molar refractivity (Wildman–Crippen MR) is 87.5 cm³/mol. The number of allylic oxidation sites excluding steroid dienone is 2. The summed E-state index contributed by atoms with van der Waals surface area (Å²) in [4.78, 5) is 10.0. The zero-order valence-corrected chi connectivity index (χ0v) is 14.5. The van der Waals surface area contributed by atoms with E-state index in [0.717, 1.165) is 0 Å². The Balaban J connectivity index is 0.000000570. The van der Waals surface area contributed by atoms with Gasteiger partial charge in [-0.05, 0) is 38.1 Å². The second-order valence-corrected chi connectivity index (χ2v) is 4.57. The predicted octanol–water partition coefficient (Wildman–Crippen LogP) is 4.55. The number of phenols is 2. The van der Waals surface area contributed by atoms with Crippen LogP contribution in [-0.2, 0) is 22.2 Å². The Kier molecular flexibility index (Phi) is 9.80. The van der Waals surface area contributed by atoms with Gasteiger partial charge in [-0.1, -0.05) is 24.3 Å². The number of aliphatic hydroxyl groups is 1. The summed E-state index contributed by atoms with van der Waals surface area (Å²) in [6.07, 6.45) is 1.17. The van der Waals surface area contributed by atoms with Crippen LogP contribution >= 0.6 is 0 Å². The molecule has 0 bridgehead atoms. The molecule has 2 aromatic carbocycles. The molecule has 2 aromatic rings. The first-order valence-electron chi connectivity index (χ1n) is 6.75. The van der Waals surface area contributed by atoms with Gasteiger partial charge in [0.1, 0.15) is 22.9 Å². The molecule has 0 unspecified atom stereocenters. The molecule has 0 heterocycles. The number of benzene rings is 2. The number of carbonyl (C=O) groups is 1. The average molecular weight is 366 g/mol. The van der Waals surface area contributed by atoms with Crippen molar-refractivity contribution < 1.29 is 37.5 Å². The number of para-hydroxylation sites is 2. The smallest absolute Gasteiger partial charge is 0.155 e. The van der Waals surface area contributed by atoms with Crippen molar-refractivity contribution in [2.75, 3.05) is 0 Å². The molecule has 0 fully saturated rings. The van der Waals surface area contributed by atoms with E-state index in [4.69, 9.17) is 5.11 Å². The zero-order valence-electron chi connectivity index (χ0n) is 13.2. The van der Waals surface area contributed by atoms with Gasteiger partial charge in [0.15, 0.2) is 5.78 Å². The van der Waals surface area contributed by atoms with Gasteiger partial charge in [0.05, 0.1) is 5.76 Å². The van der Waals surface area contributed by atoms with E-state index in [-0.39, 0.29) is 40.4 Å². The van der Waals surface area contributed by atoms with Crippen LogP contribution in [0.2, 0.25) is 0 Å². The summed E-state index contributed by atoms with van der Waals surface area (Å²) in [6, 6.07) is 13.2. The molecule has 0 aliphatic heterocycles. The number of ketones is 1. The molecule has 24 heavy (non-hydrogen) atoms. The Labute approximate surface area is 150 Å². The van der Waals surface area contributed by atoms with Crippen LogP contribution in [0.15, 0.2) is 70.6 Å². The summed E-state index contributed by atoms with van der Waals surface area (Å²) >= 11 is 0. The first kappa shape index (κ1) is 21.4. The third-order valence-corrected chi connectivity index (χ3v) is 2.44. The third-order valence-electron chi connectivity index (χ3n) is 2.44. The second-order valence-electron chi connectivity index (χ2n) is 4.57. The van der Waals surface area contributed by atoms with Gasteiger partial charge >= 0.3 is 0 Å². The molecule has 7 heteroatoms. The monoisotopic (exact) mass is 366 g/mol. The fourth-order valence-electron chi connectivity index (χ4n) is 1.50. The molecule has 0 saturated heterocycles. The van der Waals surface area contributed by atoms with E-state index >= 15 is 0 Å². The number of azo groups is 1. The standard InChI is InChI=1S/C12H10N2O2.C5H8O2.Cr/c15-11-7-3-1-5-9(11)13-14-10-6-2-4-8-12(10)16;1-4(6)3-5(2)7;/h1-8,15-16H;3,6H,1-2H3;/b;4-3-;. The van der Waals surface area contributed by atoms with Crippen molar-refractivity contribution in [1.82, 2.24) is 0 Å². The third kappa shape index (κ3) is 8.13. The summed E-state index contributed by atoms with van der Waals surface area (Å²) in [5, 5.41) is 34.9. The molecule has 2 rings (SSSR count). The Hall–Kier alpha value is -2.62. The Morgan fingerprint density at radius 3 is 1.50 bits per heavy atom. The van der Waals surface area contributed by atoms with Crippen molar-refractivity contribution in [3.63, 3.8) is 0 Å². The molecule has 126 valence electrons. The van der Waals surface area contributed by atoms with Crippen LogP contribution in [0.4, 0.5) is 11.4 Å². The van der Waals surface area contributed by atoms with E-state index in [1.165, 1.54) is 32.1 Å². The second kappa shape index (κ2) is 11.0. The van der Waals surface area contributed by atoms with Crippen molar-refractivity contribution in [3.8, 4) is 11.5 Å². The number of hydrogen-bond acceptors (Lipinski definition) is 6. The quantitative estimate of drug-likeness (QED) is 0.421. The number of rotatable bonds is 3. The summed E-state index contributed by atoms with van der Waals surface area (Å²) in [5.74, 6) is 0.0517. The zero-order chi connectivity index (χ0) is 17.2. The van der Waals surface area contributed by atoms with E-state index < -0.39 is 0 Å².